The van der Waals surface area contributed by atoms with Gasteiger partial charge in [0.2, 0.25) is 11.8 Å². The van der Waals surface area contributed by atoms with Crippen LogP contribution in [0.3, 0.4) is 0 Å². The topological polar surface area (TPSA) is 185 Å². The van der Waals surface area contributed by atoms with E-state index in [2.05, 4.69) is 10.6 Å². The number of carbonyl (C=O) groups is 5. The van der Waals surface area contributed by atoms with Crippen molar-refractivity contribution in [1.29, 1.82) is 0 Å². The number of halogens is 1. The zero-order chi connectivity index (χ0) is 28.0. The van der Waals surface area contributed by atoms with Crippen molar-refractivity contribution in [2.75, 3.05) is 72.6 Å². The fraction of sp³-hybridized carbons (Fsp3) is 0.560. The Morgan fingerprint density at radius 1 is 0.925 bits per heavy atom. The van der Waals surface area contributed by atoms with E-state index in [0.29, 0.717) is 52.8 Å². The molecule has 1 saturated heterocycles. The highest BCUT2D eigenvalue weighted by atomic mass is 35.5. The zero-order valence-corrected chi connectivity index (χ0v) is 22.8. The number of hydrogen-bond acceptors (Lipinski definition) is 11. The highest BCUT2D eigenvalue weighted by Crippen LogP contribution is 2.33. The first-order valence-corrected chi connectivity index (χ1v) is 12.7. The van der Waals surface area contributed by atoms with Crippen molar-refractivity contribution < 1.29 is 47.7 Å². The fourth-order valence-corrected chi connectivity index (χ4v) is 3.91. The molecule has 2 aliphatic heterocycles. The third-order valence-corrected chi connectivity index (χ3v) is 5.74. The summed E-state index contributed by atoms with van der Waals surface area (Å²) in [5.74, 6) is -2.91. The molecule has 4 N–H and O–H groups in total. The summed E-state index contributed by atoms with van der Waals surface area (Å²) in [6.45, 7) is 3.67. The Labute approximate surface area is 237 Å². The number of nitrogens with one attached hydrogen (secondary N) is 2. The maximum Gasteiger partial charge on any atom is 0.266 e. The molecule has 0 spiro atoms. The quantitative estimate of drug-likeness (QED) is 0.142. The molecule has 0 bridgehead atoms. The van der Waals surface area contributed by atoms with Crippen molar-refractivity contribution in [2.45, 2.75) is 18.9 Å². The van der Waals surface area contributed by atoms with Gasteiger partial charge < -0.3 is 34.7 Å². The minimum absolute atomic E-state index is 0. The third-order valence-electron chi connectivity index (χ3n) is 5.74. The van der Waals surface area contributed by atoms with Crippen molar-refractivity contribution in [3.63, 3.8) is 0 Å². The molecule has 2 heterocycles. The Hall–Kier alpha value is -3.14. The van der Waals surface area contributed by atoms with E-state index in [1.54, 1.807) is 0 Å². The molecule has 1 fully saturated rings. The molecule has 1 unspecified atom stereocenters. The number of nitrogens with zero attached hydrogens (tertiary/aromatic N) is 1. The van der Waals surface area contributed by atoms with Crippen LogP contribution in [-0.2, 0) is 33.3 Å². The maximum absolute atomic E-state index is 13.0. The lowest BCUT2D eigenvalue weighted by atomic mass is 10.0. The number of ether oxygens (including phenoxy) is 5. The van der Waals surface area contributed by atoms with Crippen LogP contribution in [0, 0.1) is 0 Å². The van der Waals surface area contributed by atoms with Crippen LogP contribution < -0.4 is 21.1 Å². The number of nitrogens with two attached hydrogens (primary N) is 1. The minimum atomic E-state index is -1.09. The summed E-state index contributed by atoms with van der Waals surface area (Å²) < 4.78 is 26.8. The second-order valence-electron chi connectivity index (χ2n) is 8.50. The number of benzene rings is 1. The van der Waals surface area contributed by atoms with E-state index in [-0.39, 0.29) is 55.3 Å². The largest absolute Gasteiger partial charge is 0.483 e. The van der Waals surface area contributed by atoms with Gasteiger partial charge in [-0.15, -0.1) is 12.4 Å². The van der Waals surface area contributed by atoms with Gasteiger partial charge in [0.1, 0.15) is 11.8 Å². The average Bonchev–Trinajstić information content (AvgIpc) is 3.17. The molecule has 0 aliphatic carbocycles. The summed E-state index contributed by atoms with van der Waals surface area (Å²) in [6, 6.07) is 3.35. The summed E-state index contributed by atoms with van der Waals surface area (Å²) in [7, 11) is 0. The van der Waals surface area contributed by atoms with Crippen molar-refractivity contribution in [3.05, 3.63) is 29.3 Å². The van der Waals surface area contributed by atoms with Crippen LogP contribution in [0.5, 0.6) is 5.75 Å². The van der Waals surface area contributed by atoms with Crippen LogP contribution in [0.2, 0.25) is 0 Å². The smallest absolute Gasteiger partial charge is 0.266 e. The molecule has 40 heavy (non-hydrogen) atoms. The van der Waals surface area contributed by atoms with Crippen molar-refractivity contribution >= 4 is 41.9 Å². The lowest BCUT2D eigenvalue weighted by Crippen LogP contribution is -2.54. The predicted molar refractivity (Wildman–Crippen MR) is 141 cm³/mol. The van der Waals surface area contributed by atoms with Gasteiger partial charge in [-0.2, -0.15) is 0 Å². The lowest BCUT2D eigenvalue weighted by molar-refractivity contribution is -0.136. The number of hydrogen-bond donors (Lipinski definition) is 3. The molecule has 0 radical (unpaired) electrons. The standard InChI is InChI=1S/C25H34N4O10.ClH/c26-6-8-35-10-12-37-14-15-38-13-11-36-9-7-27-21(31)16-39-19-3-1-2-17-22(19)25(34)29(24(17)33)18-4-5-20(30)28-23(18)32;/h1-3,18H,4-16,26H2,(H,27,31)(H,28,30,32);1H. The Morgan fingerprint density at radius 3 is 2.17 bits per heavy atom. The van der Waals surface area contributed by atoms with Crippen LogP contribution in [-0.4, -0.2) is 113 Å². The first kappa shape index (κ1) is 33.1. The van der Waals surface area contributed by atoms with Gasteiger partial charge >= 0.3 is 0 Å². The van der Waals surface area contributed by atoms with Crippen LogP contribution >= 0.6 is 12.4 Å². The molecule has 222 valence electrons. The molecule has 1 aromatic rings. The zero-order valence-electron chi connectivity index (χ0n) is 22.0. The highest BCUT2D eigenvalue weighted by molar-refractivity contribution is 6.24. The lowest BCUT2D eigenvalue weighted by Gasteiger charge is -2.27. The van der Waals surface area contributed by atoms with Gasteiger partial charge in [-0.25, -0.2) is 0 Å². The second-order valence-corrected chi connectivity index (χ2v) is 8.50. The van der Waals surface area contributed by atoms with Gasteiger partial charge in [-0.05, 0) is 18.6 Å². The SMILES string of the molecule is Cl.NCCOCCOCCOCCOCCNC(=O)COc1cccc2c1C(=O)N(C1CCC(=O)NC1=O)C2=O. The van der Waals surface area contributed by atoms with Crippen LogP contribution in [0.4, 0.5) is 0 Å². The molecule has 15 heteroatoms. The van der Waals surface area contributed by atoms with Gasteiger partial charge in [0.05, 0.1) is 64.0 Å². The van der Waals surface area contributed by atoms with Crippen LogP contribution in [0.25, 0.3) is 0 Å². The fourth-order valence-electron chi connectivity index (χ4n) is 3.91. The van der Waals surface area contributed by atoms with E-state index in [0.717, 1.165) is 4.90 Å². The first-order valence-electron chi connectivity index (χ1n) is 12.7. The van der Waals surface area contributed by atoms with Crippen LogP contribution in [0.1, 0.15) is 33.6 Å². The summed E-state index contributed by atoms with van der Waals surface area (Å²) in [6.07, 6.45) is 0.0641. The van der Waals surface area contributed by atoms with Gasteiger partial charge in [-0.3, -0.25) is 34.2 Å². The van der Waals surface area contributed by atoms with E-state index in [9.17, 15) is 24.0 Å². The molecular weight excluding hydrogens is 552 g/mol. The Balaban J connectivity index is 0.00000560. The number of carbonyl (C=O) groups excluding carboxylic acids is 5. The summed E-state index contributed by atoms with van der Waals surface area (Å²) in [4.78, 5) is 62.6. The van der Waals surface area contributed by atoms with Gasteiger partial charge in [0.15, 0.2) is 6.61 Å². The maximum atomic E-state index is 13.0. The van der Waals surface area contributed by atoms with Crippen molar-refractivity contribution in [3.8, 4) is 5.75 Å². The summed E-state index contributed by atoms with van der Waals surface area (Å²) in [5, 5.41) is 4.78. The summed E-state index contributed by atoms with van der Waals surface area (Å²) in [5.41, 5.74) is 5.36. The number of piperidine rings is 1. The van der Waals surface area contributed by atoms with Crippen molar-refractivity contribution in [1.82, 2.24) is 15.5 Å². The molecule has 14 nitrogen and oxygen atoms in total. The second kappa shape index (κ2) is 17.5. The normalized spacial score (nSPS) is 16.4. The first-order chi connectivity index (χ1) is 18.9. The Morgan fingerprint density at radius 2 is 1.55 bits per heavy atom. The monoisotopic (exact) mass is 586 g/mol. The molecule has 0 aromatic heterocycles. The molecule has 0 saturated carbocycles. The molecule has 1 atom stereocenters. The van der Waals surface area contributed by atoms with E-state index >= 15 is 0 Å². The molecular formula is C25H35ClN4O10. The average molecular weight is 587 g/mol. The molecule has 3 rings (SSSR count). The predicted octanol–water partition coefficient (Wildman–Crippen LogP) is -0.970. The van der Waals surface area contributed by atoms with E-state index in [1.165, 1.54) is 18.2 Å². The number of fused-ring (bicyclic) bond motifs is 1. The highest BCUT2D eigenvalue weighted by Gasteiger charge is 2.46. The number of rotatable bonds is 18. The van der Waals surface area contributed by atoms with Crippen LogP contribution in [0.15, 0.2) is 18.2 Å². The Bertz CT molecular complexity index is 1040. The van der Waals surface area contributed by atoms with E-state index < -0.39 is 42.2 Å². The summed E-state index contributed by atoms with van der Waals surface area (Å²) >= 11 is 0. The van der Waals surface area contributed by atoms with E-state index in [1.807, 2.05) is 0 Å². The minimum Gasteiger partial charge on any atom is -0.483 e. The molecule has 1 aromatic carbocycles. The van der Waals surface area contributed by atoms with Gasteiger partial charge in [0, 0.05) is 19.5 Å². The number of imide groups is 2. The number of amides is 5. The molecule has 5 amide bonds. The third kappa shape index (κ3) is 9.50. The van der Waals surface area contributed by atoms with Crippen molar-refractivity contribution in [2.24, 2.45) is 5.73 Å². The Kier molecular flexibility index (Phi) is 14.5. The van der Waals surface area contributed by atoms with E-state index in [4.69, 9.17) is 29.4 Å². The van der Waals surface area contributed by atoms with Gasteiger partial charge in [0.25, 0.3) is 17.7 Å². The molecule has 2 aliphatic rings. The van der Waals surface area contributed by atoms with Gasteiger partial charge in [-0.1, -0.05) is 6.07 Å².